The van der Waals surface area contributed by atoms with Crippen LogP contribution in [0.3, 0.4) is 0 Å². The fraction of sp³-hybridized carbons (Fsp3) is 0.636. The number of hydrogen-bond acceptors (Lipinski definition) is 6. The van der Waals surface area contributed by atoms with Gasteiger partial charge in [-0.3, -0.25) is 9.69 Å². The predicted molar refractivity (Wildman–Crippen MR) is 124 cm³/mol. The van der Waals surface area contributed by atoms with E-state index in [0.717, 1.165) is 6.42 Å². The Hall–Kier alpha value is -2.17. The van der Waals surface area contributed by atoms with E-state index in [4.69, 9.17) is 4.74 Å². The summed E-state index contributed by atoms with van der Waals surface area (Å²) in [5.41, 5.74) is 0.544. The topological polar surface area (TPSA) is 99.3 Å². The Morgan fingerprint density at radius 3 is 2.31 bits per heavy atom. The summed E-state index contributed by atoms with van der Waals surface area (Å²) >= 11 is 0. The number of benzene rings is 1. The average molecular weight is 469 g/mol. The van der Waals surface area contributed by atoms with E-state index in [9.17, 15) is 18.0 Å². The van der Waals surface area contributed by atoms with Crippen molar-refractivity contribution >= 4 is 27.7 Å². The molecule has 9 nitrogen and oxygen atoms in total. The highest BCUT2D eigenvalue weighted by Gasteiger charge is 2.23. The van der Waals surface area contributed by atoms with Crippen LogP contribution in [0.1, 0.15) is 34.1 Å². The van der Waals surface area contributed by atoms with Gasteiger partial charge in [-0.2, -0.15) is 4.31 Å². The summed E-state index contributed by atoms with van der Waals surface area (Å²) in [7, 11) is -3.52. The van der Waals surface area contributed by atoms with Crippen LogP contribution in [0.2, 0.25) is 0 Å². The minimum absolute atomic E-state index is 0.180. The van der Waals surface area contributed by atoms with Gasteiger partial charge in [0.25, 0.3) is 0 Å². The number of amides is 2. The normalized spacial score (nSPS) is 15.6. The third-order valence-electron chi connectivity index (χ3n) is 5.24. The number of hydrogen-bond donors (Lipinski definition) is 1. The largest absolute Gasteiger partial charge is 0.449 e. The summed E-state index contributed by atoms with van der Waals surface area (Å²) in [5.74, 6) is 0.109. The van der Waals surface area contributed by atoms with E-state index in [1.807, 2.05) is 18.7 Å². The van der Waals surface area contributed by atoms with E-state index >= 15 is 0 Å². The Morgan fingerprint density at radius 1 is 1.06 bits per heavy atom. The van der Waals surface area contributed by atoms with E-state index in [1.54, 1.807) is 30.9 Å². The van der Waals surface area contributed by atoms with E-state index in [1.165, 1.54) is 16.4 Å². The van der Waals surface area contributed by atoms with Gasteiger partial charge in [-0.05, 0) is 36.6 Å². The van der Waals surface area contributed by atoms with Crippen molar-refractivity contribution in [3.8, 4) is 0 Å². The monoisotopic (exact) mass is 468 g/mol. The summed E-state index contributed by atoms with van der Waals surface area (Å²) in [6.45, 7) is 11.4. The number of nitrogens with one attached hydrogen (secondary N) is 1. The van der Waals surface area contributed by atoms with E-state index in [0.29, 0.717) is 51.6 Å². The number of rotatable bonds is 9. The number of carbonyl (C=O) groups excluding carboxylic acids is 2. The predicted octanol–water partition coefficient (Wildman–Crippen LogP) is 2.46. The van der Waals surface area contributed by atoms with Gasteiger partial charge in [0, 0.05) is 45.0 Å². The molecule has 2 rings (SSSR count). The maximum absolute atomic E-state index is 12.6. The molecule has 1 N–H and O–H groups in total. The molecule has 32 heavy (non-hydrogen) atoms. The van der Waals surface area contributed by atoms with Gasteiger partial charge in [0.05, 0.1) is 18.0 Å². The molecular formula is C22H36N4O5S. The van der Waals surface area contributed by atoms with E-state index in [2.05, 4.69) is 5.32 Å². The van der Waals surface area contributed by atoms with Crippen LogP contribution in [-0.2, 0) is 19.6 Å². The zero-order valence-corrected chi connectivity index (χ0v) is 20.4. The number of carbonyl (C=O) groups is 2. The van der Waals surface area contributed by atoms with Crippen molar-refractivity contribution in [2.24, 2.45) is 5.92 Å². The van der Waals surface area contributed by atoms with Crippen LogP contribution in [0.15, 0.2) is 29.2 Å². The van der Waals surface area contributed by atoms with Gasteiger partial charge in [-0.1, -0.05) is 27.7 Å². The van der Waals surface area contributed by atoms with Gasteiger partial charge in [-0.25, -0.2) is 13.2 Å². The molecule has 10 heteroatoms. The fourth-order valence-corrected chi connectivity index (χ4v) is 4.93. The minimum Gasteiger partial charge on any atom is -0.449 e. The lowest BCUT2D eigenvalue weighted by atomic mass is 10.2. The van der Waals surface area contributed by atoms with Gasteiger partial charge in [0.1, 0.15) is 0 Å². The van der Waals surface area contributed by atoms with Gasteiger partial charge in [-0.15, -0.1) is 0 Å². The molecule has 0 atom stereocenters. The molecular weight excluding hydrogens is 432 g/mol. The van der Waals surface area contributed by atoms with Crippen LogP contribution in [-0.4, -0.2) is 86.9 Å². The van der Waals surface area contributed by atoms with Crippen LogP contribution >= 0.6 is 0 Å². The lowest BCUT2D eigenvalue weighted by molar-refractivity contribution is -0.117. The Labute approximate surface area is 191 Å². The van der Waals surface area contributed by atoms with Crippen LogP contribution in [0.5, 0.6) is 0 Å². The van der Waals surface area contributed by atoms with Crippen molar-refractivity contribution in [2.75, 3.05) is 57.7 Å². The molecule has 0 aliphatic carbocycles. The molecule has 0 saturated carbocycles. The molecule has 2 amide bonds. The highest BCUT2D eigenvalue weighted by Crippen LogP contribution is 2.18. The summed E-state index contributed by atoms with van der Waals surface area (Å²) in [4.78, 5) is 28.5. The number of sulfonamides is 1. The Morgan fingerprint density at radius 2 is 1.72 bits per heavy atom. The first-order valence-corrected chi connectivity index (χ1v) is 12.7. The van der Waals surface area contributed by atoms with Crippen LogP contribution < -0.4 is 5.32 Å². The van der Waals surface area contributed by atoms with Gasteiger partial charge in [0.2, 0.25) is 15.9 Å². The maximum Gasteiger partial charge on any atom is 0.409 e. The van der Waals surface area contributed by atoms with Crippen molar-refractivity contribution in [3.63, 3.8) is 0 Å². The second-order valence-electron chi connectivity index (χ2n) is 8.25. The summed E-state index contributed by atoms with van der Waals surface area (Å²) in [6, 6.07) is 6.22. The first-order valence-electron chi connectivity index (χ1n) is 11.2. The molecule has 1 aliphatic heterocycles. The van der Waals surface area contributed by atoms with Crippen molar-refractivity contribution < 1.29 is 22.7 Å². The first kappa shape index (κ1) is 26.1. The summed E-state index contributed by atoms with van der Waals surface area (Å²) in [5, 5.41) is 2.82. The van der Waals surface area contributed by atoms with Crippen LogP contribution in [0, 0.1) is 5.92 Å². The molecule has 1 heterocycles. The fourth-order valence-electron chi connectivity index (χ4n) is 3.47. The summed E-state index contributed by atoms with van der Waals surface area (Å²) < 4.78 is 31.8. The van der Waals surface area contributed by atoms with Crippen LogP contribution in [0.4, 0.5) is 10.5 Å². The average Bonchev–Trinajstić information content (AvgIpc) is 2.98. The van der Waals surface area contributed by atoms with Crippen LogP contribution in [0.25, 0.3) is 0 Å². The maximum atomic E-state index is 12.6. The van der Waals surface area contributed by atoms with Gasteiger partial charge < -0.3 is 15.0 Å². The van der Waals surface area contributed by atoms with Gasteiger partial charge in [0.15, 0.2) is 0 Å². The third kappa shape index (κ3) is 7.46. The molecule has 1 saturated heterocycles. The van der Waals surface area contributed by atoms with Crippen molar-refractivity contribution in [2.45, 2.75) is 39.0 Å². The lowest BCUT2D eigenvalue weighted by Gasteiger charge is -2.22. The van der Waals surface area contributed by atoms with E-state index < -0.39 is 10.0 Å². The van der Waals surface area contributed by atoms with Crippen molar-refractivity contribution in [1.82, 2.24) is 14.1 Å². The SMILES string of the molecule is CCN(CC)S(=O)(=O)c1ccc(NC(=O)CN2CCCN(C(=O)OCC(C)C)CC2)cc1. The van der Waals surface area contributed by atoms with Crippen molar-refractivity contribution in [1.29, 1.82) is 0 Å². The van der Waals surface area contributed by atoms with Crippen molar-refractivity contribution in [3.05, 3.63) is 24.3 Å². The zero-order chi connectivity index (χ0) is 23.7. The summed E-state index contributed by atoms with van der Waals surface area (Å²) in [6.07, 6.45) is 0.465. The smallest absolute Gasteiger partial charge is 0.409 e. The van der Waals surface area contributed by atoms with E-state index in [-0.39, 0.29) is 29.4 Å². The minimum atomic E-state index is -3.52. The number of anilines is 1. The highest BCUT2D eigenvalue weighted by molar-refractivity contribution is 7.89. The molecule has 0 aromatic heterocycles. The standard InChI is InChI=1S/C22H36N4O5S/c1-5-26(6-2)32(29,30)20-10-8-19(9-11-20)23-21(27)16-24-12-7-13-25(15-14-24)22(28)31-17-18(3)4/h8-11,18H,5-7,12-17H2,1-4H3,(H,23,27). The molecule has 1 fully saturated rings. The molecule has 1 aromatic carbocycles. The molecule has 0 bridgehead atoms. The Balaban J connectivity index is 1.87. The second-order valence-corrected chi connectivity index (χ2v) is 10.2. The van der Waals surface area contributed by atoms with Gasteiger partial charge >= 0.3 is 6.09 Å². The first-order chi connectivity index (χ1) is 15.2. The molecule has 0 unspecified atom stereocenters. The quantitative estimate of drug-likeness (QED) is 0.598. The lowest BCUT2D eigenvalue weighted by Crippen LogP contribution is -2.38. The third-order valence-corrected chi connectivity index (χ3v) is 7.30. The molecule has 1 aliphatic rings. The highest BCUT2D eigenvalue weighted by atomic mass is 32.2. The second kappa shape index (κ2) is 12.2. The Kier molecular flexibility index (Phi) is 9.92. The zero-order valence-electron chi connectivity index (χ0n) is 19.5. The molecule has 180 valence electrons. The number of ether oxygens (including phenoxy) is 1. The number of nitrogens with zero attached hydrogens (tertiary/aromatic N) is 3. The molecule has 0 spiro atoms. The molecule has 0 radical (unpaired) electrons. The Bertz CT molecular complexity index is 854. The molecule has 1 aromatic rings.